The lowest BCUT2D eigenvalue weighted by molar-refractivity contribution is -0.146. The van der Waals surface area contributed by atoms with E-state index < -0.39 is 0 Å². The summed E-state index contributed by atoms with van der Waals surface area (Å²) in [6.45, 7) is 4.32. The molecule has 1 amide bonds. The van der Waals surface area contributed by atoms with E-state index in [9.17, 15) is 4.79 Å². The van der Waals surface area contributed by atoms with Crippen molar-refractivity contribution in [2.45, 2.75) is 25.7 Å². The monoisotopic (exact) mass is 262 g/mol. The first-order chi connectivity index (χ1) is 7.78. The minimum absolute atomic E-state index is 0. The molecule has 1 N–H and O–H groups in total. The van der Waals surface area contributed by atoms with Crippen LogP contribution in [0.3, 0.4) is 0 Å². The van der Waals surface area contributed by atoms with Crippen LogP contribution in [0.2, 0.25) is 0 Å². The van der Waals surface area contributed by atoms with Crippen LogP contribution in [0.15, 0.2) is 0 Å². The van der Waals surface area contributed by atoms with Gasteiger partial charge in [0.25, 0.3) is 0 Å². The lowest BCUT2D eigenvalue weighted by atomic mass is 9.78. The van der Waals surface area contributed by atoms with Crippen molar-refractivity contribution < 1.29 is 9.53 Å². The topological polar surface area (TPSA) is 41.6 Å². The minimum atomic E-state index is -0.246. The van der Waals surface area contributed by atoms with Crippen LogP contribution in [0.1, 0.15) is 25.7 Å². The number of methoxy groups -OCH3 is 1. The van der Waals surface area contributed by atoms with Gasteiger partial charge in [0.2, 0.25) is 5.91 Å². The molecule has 0 spiro atoms. The van der Waals surface area contributed by atoms with Crippen molar-refractivity contribution in [1.29, 1.82) is 0 Å². The summed E-state index contributed by atoms with van der Waals surface area (Å²) in [5.41, 5.74) is -0.246. The van der Waals surface area contributed by atoms with E-state index in [0.29, 0.717) is 12.5 Å². The maximum atomic E-state index is 12.5. The van der Waals surface area contributed by atoms with Crippen LogP contribution >= 0.6 is 12.4 Å². The van der Waals surface area contributed by atoms with Gasteiger partial charge in [-0.3, -0.25) is 4.79 Å². The number of ether oxygens (including phenoxy) is 1. The van der Waals surface area contributed by atoms with Crippen molar-refractivity contribution in [2.75, 3.05) is 39.9 Å². The Hall–Kier alpha value is -0.320. The molecule has 2 saturated heterocycles. The number of amides is 1. The number of hydrogen-bond donors (Lipinski definition) is 1. The Kier molecular flexibility index (Phi) is 5.70. The average Bonchev–Trinajstić information content (AvgIpc) is 2.83. The predicted octanol–water partition coefficient (Wildman–Crippen LogP) is 1.05. The molecule has 2 aliphatic heterocycles. The Balaban J connectivity index is 0.00000144. The number of carbonyl (C=O) groups excluding carboxylic acids is 1. The fraction of sp³-hybridized carbons (Fsp3) is 0.917. The largest absolute Gasteiger partial charge is 0.384 e. The van der Waals surface area contributed by atoms with Crippen molar-refractivity contribution in [2.24, 2.45) is 5.41 Å². The maximum Gasteiger partial charge on any atom is 0.231 e. The average molecular weight is 263 g/mol. The summed E-state index contributed by atoms with van der Waals surface area (Å²) in [6.07, 6.45) is 4.15. The van der Waals surface area contributed by atoms with Crippen LogP contribution < -0.4 is 5.32 Å². The first-order valence-electron chi connectivity index (χ1n) is 6.27. The summed E-state index contributed by atoms with van der Waals surface area (Å²) in [6, 6.07) is 0. The molecule has 2 aliphatic rings. The second-order valence-corrected chi connectivity index (χ2v) is 4.96. The van der Waals surface area contributed by atoms with E-state index in [1.165, 1.54) is 0 Å². The van der Waals surface area contributed by atoms with E-state index in [1.54, 1.807) is 7.11 Å². The zero-order chi connectivity index (χ0) is 11.4. The number of carbonyl (C=O) groups is 1. The van der Waals surface area contributed by atoms with Gasteiger partial charge in [-0.2, -0.15) is 0 Å². The van der Waals surface area contributed by atoms with Gasteiger partial charge in [0.15, 0.2) is 0 Å². The van der Waals surface area contributed by atoms with Gasteiger partial charge in [0.1, 0.15) is 0 Å². The van der Waals surface area contributed by atoms with Gasteiger partial charge >= 0.3 is 0 Å². The fourth-order valence-corrected chi connectivity index (χ4v) is 2.86. The van der Waals surface area contributed by atoms with Crippen molar-refractivity contribution >= 4 is 18.3 Å². The van der Waals surface area contributed by atoms with E-state index in [1.807, 2.05) is 4.90 Å². The standard InChI is InChI=1S/C12H22N2O2.ClH/c1-16-10-12(4-6-13-7-5-12)11(15)14-8-2-3-9-14;/h13H,2-10H2,1H3;1H. The van der Waals surface area contributed by atoms with Gasteiger partial charge in [0, 0.05) is 20.2 Å². The summed E-state index contributed by atoms with van der Waals surface area (Å²) in [7, 11) is 1.70. The molecule has 17 heavy (non-hydrogen) atoms. The van der Waals surface area contributed by atoms with Crippen molar-refractivity contribution in [3.63, 3.8) is 0 Å². The molecule has 2 heterocycles. The molecule has 0 atom stereocenters. The number of piperidine rings is 1. The molecule has 0 aliphatic carbocycles. The second kappa shape index (κ2) is 6.57. The zero-order valence-electron chi connectivity index (χ0n) is 10.5. The highest BCUT2D eigenvalue weighted by atomic mass is 35.5. The van der Waals surface area contributed by atoms with Gasteiger partial charge in [-0.1, -0.05) is 0 Å². The Labute approximate surface area is 109 Å². The number of hydrogen-bond acceptors (Lipinski definition) is 3. The first kappa shape index (κ1) is 14.7. The first-order valence-corrected chi connectivity index (χ1v) is 6.27. The van der Waals surface area contributed by atoms with E-state index in [2.05, 4.69) is 5.32 Å². The van der Waals surface area contributed by atoms with Gasteiger partial charge in [-0.15, -0.1) is 12.4 Å². The van der Waals surface area contributed by atoms with Gasteiger partial charge in [-0.05, 0) is 38.8 Å². The molecule has 0 aromatic heterocycles. The number of rotatable bonds is 3. The Morgan fingerprint density at radius 1 is 1.29 bits per heavy atom. The van der Waals surface area contributed by atoms with Crippen LogP contribution in [0.5, 0.6) is 0 Å². The summed E-state index contributed by atoms with van der Waals surface area (Å²) in [4.78, 5) is 14.6. The highest BCUT2D eigenvalue weighted by Gasteiger charge is 2.42. The third kappa shape index (κ3) is 3.12. The maximum absolute atomic E-state index is 12.5. The van der Waals surface area contributed by atoms with E-state index in [-0.39, 0.29) is 17.8 Å². The van der Waals surface area contributed by atoms with Gasteiger partial charge < -0.3 is 15.0 Å². The van der Waals surface area contributed by atoms with Crippen molar-refractivity contribution in [3.8, 4) is 0 Å². The SMILES string of the molecule is COCC1(C(=O)N2CCCC2)CCNCC1.Cl. The van der Waals surface area contributed by atoms with Crippen molar-refractivity contribution in [1.82, 2.24) is 10.2 Å². The van der Waals surface area contributed by atoms with Crippen molar-refractivity contribution in [3.05, 3.63) is 0 Å². The summed E-state index contributed by atoms with van der Waals surface area (Å²) < 4.78 is 5.29. The molecular weight excluding hydrogens is 240 g/mol. The van der Waals surface area contributed by atoms with E-state index >= 15 is 0 Å². The quantitative estimate of drug-likeness (QED) is 0.827. The van der Waals surface area contributed by atoms with E-state index in [0.717, 1.165) is 51.9 Å². The number of nitrogens with one attached hydrogen (secondary N) is 1. The molecular formula is C12H23ClN2O2. The molecule has 4 nitrogen and oxygen atoms in total. The summed E-state index contributed by atoms with van der Waals surface area (Å²) in [5.74, 6) is 0.327. The molecule has 100 valence electrons. The Bertz CT molecular complexity index is 243. The third-order valence-corrected chi connectivity index (χ3v) is 3.83. The smallest absolute Gasteiger partial charge is 0.231 e. The van der Waals surface area contributed by atoms with Crippen LogP contribution in [0, 0.1) is 5.41 Å². The second-order valence-electron chi connectivity index (χ2n) is 4.96. The predicted molar refractivity (Wildman–Crippen MR) is 69.5 cm³/mol. The molecule has 0 bridgehead atoms. The normalized spacial score (nSPS) is 23.2. The van der Waals surface area contributed by atoms with Crippen LogP contribution in [0.4, 0.5) is 0 Å². The molecule has 0 radical (unpaired) electrons. The molecule has 5 heteroatoms. The Morgan fingerprint density at radius 3 is 2.41 bits per heavy atom. The Morgan fingerprint density at radius 2 is 1.88 bits per heavy atom. The molecule has 0 unspecified atom stereocenters. The third-order valence-electron chi connectivity index (χ3n) is 3.83. The minimum Gasteiger partial charge on any atom is -0.384 e. The number of halogens is 1. The molecule has 0 aromatic carbocycles. The van der Waals surface area contributed by atoms with E-state index in [4.69, 9.17) is 4.74 Å². The highest BCUT2D eigenvalue weighted by molar-refractivity contribution is 5.85. The fourth-order valence-electron chi connectivity index (χ4n) is 2.86. The molecule has 2 rings (SSSR count). The van der Waals surface area contributed by atoms with Crippen LogP contribution in [-0.4, -0.2) is 50.7 Å². The van der Waals surface area contributed by atoms with Gasteiger partial charge in [-0.25, -0.2) is 0 Å². The number of likely N-dealkylation sites (tertiary alicyclic amines) is 1. The lowest BCUT2D eigenvalue weighted by Crippen LogP contribution is -2.50. The number of nitrogens with zero attached hydrogens (tertiary/aromatic N) is 1. The van der Waals surface area contributed by atoms with Gasteiger partial charge in [0.05, 0.1) is 12.0 Å². The zero-order valence-corrected chi connectivity index (χ0v) is 11.4. The summed E-state index contributed by atoms with van der Waals surface area (Å²) >= 11 is 0. The molecule has 0 saturated carbocycles. The summed E-state index contributed by atoms with van der Waals surface area (Å²) in [5, 5.41) is 3.32. The van der Waals surface area contributed by atoms with Crippen LogP contribution in [-0.2, 0) is 9.53 Å². The molecule has 2 fully saturated rings. The lowest BCUT2D eigenvalue weighted by Gasteiger charge is -2.38. The van der Waals surface area contributed by atoms with Crippen LogP contribution in [0.25, 0.3) is 0 Å². The highest BCUT2D eigenvalue weighted by Crippen LogP contribution is 2.32. The molecule has 0 aromatic rings.